The maximum absolute atomic E-state index is 6.43. The fourth-order valence-corrected chi connectivity index (χ4v) is 10.6. The number of hydrogen-bond acceptors (Lipinski definition) is 3. The standard InChI is InChI=1S/C64H40N2O2/c1-2-14-43(15-3-1)63-55-23-5-9-25-58(55)66-57-24-8-4-16-47(57)38-56(64(63)66)42-30-28-41(29-31-42)44-17-12-18-45(36-44)46-19-13-20-48(37-46)65(49-32-34-53-51-21-6-10-26-59(51)67-61(53)39-49)50-33-35-54-52-22-7-11-27-60(52)68-62(54)40-50/h1-40H. The van der Waals surface area contributed by atoms with Crippen LogP contribution in [0.2, 0.25) is 0 Å². The van der Waals surface area contributed by atoms with E-state index in [1.54, 1.807) is 0 Å². The van der Waals surface area contributed by atoms with Crippen molar-refractivity contribution in [2.24, 2.45) is 0 Å². The van der Waals surface area contributed by atoms with E-state index >= 15 is 0 Å². The summed E-state index contributed by atoms with van der Waals surface area (Å²) in [6, 6.07) is 87.0. The third-order valence-electron chi connectivity index (χ3n) is 13.7. The van der Waals surface area contributed by atoms with Gasteiger partial charge in [-0.1, -0.05) is 158 Å². The van der Waals surface area contributed by atoms with Gasteiger partial charge in [-0.25, -0.2) is 0 Å². The zero-order valence-electron chi connectivity index (χ0n) is 36.8. The molecular formula is C64H40N2O2. The average molecular weight is 869 g/mol. The highest BCUT2D eigenvalue weighted by atomic mass is 16.3. The van der Waals surface area contributed by atoms with Crippen molar-refractivity contribution >= 4 is 88.3 Å². The second kappa shape index (κ2) is 15.2. The highest BCUT2D eigenvalue weighted by molar-refractivity contribution is 6.14. The molecule has 0 fully saturated rings. The van der Waals surface area contributed by atoms with Gasteiger partial charge in [-0.2, -0.15) is 0 Å². The average Bonchev–Trinajstić information content (AvgIpc) is 4.09. The first-order valence-corrected chi connectivity index (χ1v) is 23.1. The number of hydrogen-bond donors (Lipinski definition) is 0. The number of pyridine rings is 1. The number of rotatable bonds is 7. The molecule has 4 nitrogen and oxygen atoms in total. The summed E-state index contributed by atoms with van der Waals surface area (Å²) in [5, 5.41) is 6.86. The van der Waals surface area contributed by atoms with Crippen LogP contribution in [0.15, 0.2) is 251 Å². The van der Waals surface area contributed by atoms with E-state index in [1.807, 2.05) is 24.3 Å². The van der Waals surface area contributed by atoms with Crippen molar-refractivity contribution in [3.05, 3.63) is 243 Å². The molecule has 10 aromatic carbocycles. The summed E-state index contributed by atoms with van der Waals surface area (Å²) < 4.78 is 15.3. The Balaban J connectivity index is 0.863. The third kappa shape index (κ3) is 6.08. The van der Waals surface area contributed by atoms with Crippen molar-refractivity contribution in [3.8, 4) is 44.5 Å². The summed E-state index contributed by atoms with van der Waals surface area (Å²) in [4.78, 5) is 2.30. The topological polar surface area (TPSA) is 33.9 Å². The van der Waals surface area contributed by atoms with Crippen molar-refractivity contribution in [2.45, 2.75) is 0 Å². The van der Waals surface area contributed by atoms with Gasteiger partial charge in [0.25, 0.3) is 0 Å². The number of furan rings is 2. The molecule has 0 aliphatic heterocycles. The highest BCUT2D eigenvalue weighted by Crippen LogP contribution is 2.45. The minimum atomic E-state index is 0.844. The molecule has 0 radical (unpaired) electrons. The van der Waals surface area contributed by atoms with E-state index < -0.39 is 0 Å². The quantitative estimate of drug-likeness (QED) is 0.160. The molecule has 0 aliphatic rings. The Morgan fingerprint density at radius 2 is 0.794 bits per heavy atom. The molecular weight excluding hydrogens is 829 g/mol. The predicted molar refractivity (Wildman–Crippen MR) is 283 cm³/mol. The largest absolute Gasteiger partial charge is 0.456 e. The molecule has 318 valence electrons. The summed E-state index contributed by atoms with van der Waals surface area (Å²) in [5.74, 6) is 0. The molecule has 0 spiro atoms. The van der Waals surface area contributed by atoms with E-state index in [1.165, 1.54) is 49.6 Å². The summed E-state index contributed by atoms with van der Waals surface area (Å²) in [5.41, 5.74) is 19.5. The van der Waals surface area contributed by atoms with Crippen molar-refractivity contribution in [2.75, 3.05) is 4.90 Å². The fraction of sp³-hybridized carbons (Fsp3) is 0. The Hall–Kier alpha value is -9.12. The number of nitrogens with zero attached hydrogens (tertiary/aromatic N) is 2. The third-order valence-corrected chi connectivity index (χ3v) is 13.7. The maximum Gasteiger partial charge on any atom is 0.137 e. The van der Waals surface area contributed by atoms with Gasteiger partial charge < -0.3 is 18.1 Å². The molecule has 0 saturated heterocycles. The van der Waals surface area contributed by atoms with Gasteiger partial charge >= 0.3 is 0 Å². The lowest BCUT2D eigenvalue weighted by molar-refractivity contribution is 0.669. The van der Waals surface area contributed by atoms with Gasteiger partial charge in [0.2, 0.25) is 0 Å². The minimum Gasteiger partial charge on any atom is -0.456 e. The van der Waals surface area contributed by atoms with Gasteiger partial charge in [0, 0.05) is 67.3 Å². The molecule has 68 heavy (non-hydrogen) atoms. The van der Waals surface area contributed by atoms with Gasteiger partial charge in [-0.05, 0) is 112 Å². The number of aromatic nitrogens is 1. The Morgan fingerprint density at radius 3 is 1.49 bits per heavy atom. The Kier molecular flexibility index (Phi) is 8.55. The molecule has 14 aromatic rings. The van der Waals surface area contributed by atoms with Gasteiger partial charge in [-0.3, -0.25) is 0 Å². The monoisotopic (exact) mass is 868 g/mol. The van der Waals surface area contributed by atoms with Crippen LogP contribution in [0.5, 0.6) is 0 Å². The number of benzene rings is 10. The molecule has 0 N–H and O–H groups in total. The van der Waals surface area contributed by atoms with E-state index in [-0.39, 0.29) is 0 Å². The normalized spacial score (nSPS) is 11.8. The van der Waals surface area contributed by atoms with Crippen LogP contribution in [-0.4, -0.2) is 4.40 Å². The summed E-state index contributed by atoms with van der Waals surface area (Å²) in [6.07, 6.45) is 0. The smallest absolute Gasteiger partial charge is 0.137 e. The first-order valence-electron chi connectivity index (χ1n) is 23.1. The number of para-hydroxylation sites is 4. The zero-order chi connectivity index (χ0) is 44.7. The van der Waals surface area contributed by atoms with Gasteiger partial charge in [0.15, 0.2) is 0 Å². The van der Waals surface area contributed by atoms with Crippen LogP contribution >= 0.6 is 0 Å². The van der Waals surface area contributed by atoms with E-state index in [2.05, 4.69) is 228 Å². The van der Waals surface area contributed by atoms with Crippen molar-refractivity contribution in [1.29, 1.82) is 0 Å². The number of anilines is 3. The fourth-order valence-electron chi connectivity index (χ4n) is 10.6. The highest BCUT2D eigenvalue weighted by Gasteiger charge is 2.21. The van der Waals surface area contributed by atoms with Crippen LogP contribution in [0, 0.1) is 0 Å². The zero-order valence-corrected chi connectivity index (χ0v) is 36.8. The minimum absolute atomic E-state index is 0.844. The summed E-state index contributed by atoms with van der Waals surface area (Å²) >= 11 is 0. The van der Waals surface area contributed by atoms with E-state index in [0.717, 1.165) is 83.2 Å². The summed E-state index contributed by atoms with van der Waals surface area (Å²) in [6.45, 7) is 0. The first-order chi connectivity index (χ1) is 33.7. The van der Waals surface area contributed by atoms with Crippen molar-refractivity contribution < 1.29 is 8.83 Å². The maximum atomic E-state index is 6.43. The van der Waals surface area contributed by atoms with Crippen LogP contribution in [-0.2, 0) is 0 Å². The van der Waals surface area contributed by atoms with Crippen molar-refractivity contribution in [3.63, 3.8) is 0 Å². The second-order valence-electron chi connectivity index (χ2n) is 17.7. The Bertz CT molecular complexity index is 4160. The summed E-state index contributed by atoms with van der Waals surface area (Å²) in [7, 11) is 0. The predicted octanol–water partition coefficient (Wildman–Crippen LogP) is 18.2. The molecule has 0 unspecified atom stereocenters. The van der Waals surface area contributed by atoms with E-state index in [0.29, 0.717) is 0 Å². The van der Waals surface area contributed by atoms with Gasteiger partial charge in [-0.15, -0.1) is 0 Å². The van der Waals surface area contributed by atoms with Crippen LogP contribution in [0.4, 0.5) is 17.1 Å². The van der Waals surface area contributed by atoms with E-state index in [4.69, 9.17) is 8.83 Å². The molecule has 14 rings (SSSR count). The lowest BCUT2D eigenvalue weighted by Crippen LogP contribution is -2.09. The van der Waals surface area contributed by atoms with Crippen LogP contribution in [0.3, 0.4) is 0 Å². The lowest BCUT2D eigenvalue weighted by Gasteiger charge is -2.26. The SMILES string of the molecule is c1ccc(-c2c3ccccc3n3c2c(-c2ccc(-c4cccc(-c5cccc(N(c6ccc7c(c6)oc6ccccc67)c6ccc7c(c6)oc6ccccc67)c5)c4)cc2)cc2ccccc23)cc1. The Morgan fingerprint density at radius 1 is 0.294 bits per heavy atom. The van der Waals surface area contributed by atoms with Crippen LogP contribution in [0.25, 0.3) is 116 Å². The van der Waals surface area contributed by atoms with Gasteiger partial charge in [0.1, 0.15) is 22.3 Å². The molecule has 4 aromatic heterocycles. The lowest BCUT2D eigenvalue weighted by atomic mass is 9.94. The van der Waals surface area contributed by atoms with Crippen molar-refractivity contribution in [1.82, 2.24) is 4.40 Å². The molecule has 0 bridgehead atoms. The molecule has 0 atom stereocenters. The first kappa shape index (κ1) is 38.2. The van der Waals surface area contributed by atoms with E-state index in [9.17, 15) is 0 Å². The molecule has 0 aliphatic carbocycles. The molecule has 0 amide bonds. The number of fused-ring (bicyclic) bond motifs is 11. The molecule has 0 saturated carbocycles. The second-order valence-corrected chi connectivity index (χ2v) is 17.7. The molecule has 4 heterocycles. The van der Waals surface area contributed by atoms with Crippen LogP contribution in [0.1, 0.15) is 0 Å². The van der Waals surface area contributed by atoms with Gasteiger partial charge in [0.05, 0.1) is 16.6 Å². The molecule has 4 heteroatoms. The Labute approximate surface area is 391 Å². The van der Waals surface area contributed by atoms with Crippen LogP contribution < -0.4 is 4.90 Å².